The van der Waals surface area contributed by atoms with Gasteiger partial charge >= 0.3 is 5.97 Å². The molecule has 0 saturated carbocycles. The first kappa shape index (κ1) is 12.4. The fourth-order valence-corrected chi connectivity index (χ4v) is 2.32. The Morgan fingerprint density at radius 1 is 1.10 bits per heavy atom. The van der Waals surface area contributed by atoms with Gasteiger partial charge in [-0.15, -0.1) is 0 Å². The molecule has 0 atom stereocenters. The first-order valence-corrected chi connectivity index (χ1v) is 6.11. The molecule has 0 saturated heterocycles. The highest BCUT2D eigenvalue weighted by Crippen LogP contribution is 2.29. The summed E-state index contributed by atoms with van der Waals surface area (Å²) < 4.78 is 1.31. The molecule has 5 heteroatoms. The van der Waals surface area contributed by atoms with Gasteiger partial charge in [0.2, 0.25) is 0 Å². The van der Waals surface area contributed by atoms with Crippen LogP contribution in [0.3, 0.4) is 0 Å². The molecule has 100 valence electrons. The number of carboxylic acids is 1. The zero-order chi connectivity index (χ0) is 14.1. The van der Waals surface area contributed by atoms with Gasteiger partial charge in [-0.05, 0) is 6.07 Å². The van der Waals surface area contributed by atoms with Crippen LogP contribution in [-0.2, 0) is 6.73 Å². The van der Waals surface area contributed by atoms with Crippen LogP contribution in [0.4, 0.5) is 0 Å². The van der Waals surface area contributed by atoms with E-state index in [2.05, 4.69) is 5.10 Å². The summed E-state index contributed by atoms with van der Waals surface area (Å²) in [7, 11) is 0. The van der Waals surface area contributed by atoms with Crippen molar-refractivity contribution >= 4 is 16.9 Å². The molecule has 1 heterocycles. The van der Waals surface area contributed by atoms with E-state index in [1.807, 2.05) is 36.4 Å². The molecular formula is C15H12N2O3. The Labute approximate surface area is 114 Å². The SMILES string of the molecule is O=C(O)c1cccc2c(-c3ccccc3)nn(CO)c12. The summed E-state index contributed by atoms with van der Waals surface area (Å²) in [5.41, 5.74) is 2.11. The van der Waals surface area contributed by atoms with Crippen molar-refractivity contribution in [1.29, 1.82) is 0 Å². The number of nitrogens with zero attached hydrogens (tertiary/aromatic N) is 2. The molecule has 0 spiro atoms. The van der Waals surface area contributed by atoms with Gasteiger partial charge in [0.25, 0.3) is 0 Å². The topological polar surface area (TPSA) is 75.3 Å². The van der Waals surface area contributed by atoms with Crippen molar-refractivity contribution in [3.8, 4) is 11.3 Å². The van der Waals surface area contributed by atoms with E-state index >= 15 is 0 Å². The molecule has 0 aliphatic heterocycles. The predicted octanol–water partition coefficient (Wildman–Crippen LogP) is 2.35. The first-order valence-electron chi connectivity index (χ1n) is 6.11. The second-order valence-electron chi connectivity index (χ2n) is 4.36. The number of hydrogen-bond acceptors (Lipinski definition) is 3. The van der Waals surface area contributed by atoms with Crippen LogP contribution in [0.1, 0.15) is 10.4 Å². The summed E-state index contributed by atoms with van der Waals surface area (Å²) in [5, 5.41) is 23.7. The molecule has 0 fully saturated rings. The van der Waals surface area contributed by atoms with E-state index in [0.717, 1.165) is 5.56 Å². The van der Waals surface area contributed by atoms with E-state index < -0.39 is 5.97 Å². The molecule has 3 rings (SSSR count). The van der Waals surface area contributed by atoms with E-state index in [-0.39, 0.29) is 12.3 Å². The summed E-state index contributed by atoms with van der Waals surface area (Å²) in [6, 6.07) is 14.5. The number of aliphatic hydroxyl groups is 1. The molecule has 0 radical (unpaired) electrons. The van der Waals surface area contributed by atoms with Gasteiger partial charge in [0.15, 0.2) is 0 Å². The maximum absolute atomic E-state index is 11.3. The monoisotopic (exact) mass is 268 g/mol. The highest BCUT2D eigenvalue weighted by atomic mass is 16.4. The van der Waals surface area contributed by atoms with Crippen molar-refractivity contribution in [2.45, 2.75) is 6.73 Å². The normalized spacial score (nSPS) is 10.8. The quantitative estimate of drug-likeness (QED) is 0.764. The van der Waals surface area contributed by atoms with E-state index in [4.69, 9.17) is 0 Å². The molecule has 0 bridgehead atoms. The maximum Gasteiger partial charge on any atom is 0.337 e. The molecular weight excluding hydrogens is 256 g/mol. The minimum atomic E-state index is -1.04. The van der Waals surface area contributed by atoms with E-state index in [1.54, 1.807) is 6.07 Å². The summed E-state index contributed by atoms with van der Waals surface area (Å²) in [5.74, 6) is -1.04. The van der Waals surface area contributed by atoms with Gasteiger partial charge in [-0.3, -0.25) is 0 Å². The summed E-state index contributed by atoms with van der Waals surface area (Å²) in [4.78, 5) is 11.3. The van der Waals surface area contributed by atoms with Gasteiger partial charge in [0, 0.05) is 10.9 Å². The van der Waals surface area contributed by atoms with Crippen LogP contribution in [0.5, 0.6) is 0 Å². The molecule has 20 heavy (non-hydrogen) atoms. The molecule has 3 aromatic rings. The van der Waals surface area contributed by atoms with Crippen LogP contribution < -0.4 is 0 Å². The van der Waals surface area contributed by atoms with E-state index in [1.165, 1.54) is 10.7 Å². The minimum absolute atomic E-state index is 0.131. The van der Waals surface area contributed by atoms with Gasteiger partial charge in [0.1, 0.15) is 12.4 Å². The van der Waals surface area contributed by atoms with Gasteiger partial charge in [0.05, 0.1) is 11.1 Å². The summed E-state index contributed by atoms with van der Waals surface area (Å²) in [6.07, 6.45) is 0. The van der Waals surface area contributed by atoms with Crippen molar-refractivity contribution in [3.63, 3.8) is 0 Å². The number of rotatable bonds is 3. The van der Waals surface area contributed by atoms with Crippen LogP contribution in [-0.4, -0.2) is 26.0 Å². The van der Waals surface area contributed by atoms with Gasteiger partial charge in [-0.1, -0.05) is 42.5 Å². The molecule has 2 aromatic carbocycles. The average Bonchev–Trinajstić information content (AvgIpc) is 2.86. The lowest BCUT2D eigenvalue weighted by Gasteiger charge is -2.01. The lowest BCUT2D eigenvalue weighted by molar-refractivity contribution is 0.0698. The van der Waals surface area contributed by atoms with Crippen LogP contribution in [0, 0.1) is 0 Å². The number of benzene rings is 2. The lowest BCUT2D eigenvalue weighted by atomic mass is 10.1. The van der Waals surface area contributed by atoms with Gasteiger partial charge < -0.3 is 10.2 Å². The molecule has 5 nitrogen and oxygen atoms in total. The fourth-order valence-electron chi connectivity index (χ4n) is 2.32. The highest BCUT2D eigenvalue weighted by molar-refractivity contribution is 6.06. The van der Waals surface area contributed by atoms with E-state index in [9.17, 15) is 15.0 Å². The number of aromatic carboxylic acids is 1. The third-order valence-electron chi connectivity index (χ3n) is 3.18. The smallest absolute Gasteiger partial charge is 0.337 e. The molecule has 0 aliphatic carbocycles. The molecule has 0 aliphatic rings. The zero-order valence-corrected chi connectivity index (χ0v) is 10.5. The van der Waals surface area contributed by atoms with Crippen molar-refractivity contribution in [1.82, 2.24) is 9.78 Å². The highest BCUT2D eigenvalue weighted by Gasteiger charge is 2.17. The van der Waals surface area contributed by atoms with Gasteiger partial charge in [-0.25, -0.2) is 9.48 Å². The van der Waals surface area contributed by atoms with Crippen molar-refractivity contribution in [2.24, 2.45) is 0 Å². The number of carbonyl (C=O) groups is 1. The number of hydrogen-bond donors (Lipinski definition) is 2. The average molecular weight is 268 g/mol. The third kappa shape index (κ3) is 1.85. The van der Waals surface area contributed by atoms with Crippen LogP contribution >= 0.6 is 0 Å². The predicted molar refractivity (Wildman–Crippen MR) is 74.3 cm³/mol. The Morgan fingerprint density at radius 2 is 1.85 bits per heavy atom. The van der Waals surface area contributed by atoms with Crippen molar-refractivity contribution < 1.29 is 15.0 Å². The Bertz CT molecular complexity index is 778. The Morgan fingerprint density at radius 3 is 2.50 bits per heavy atom. The number of carboxylic acid groups (broad SMARTS) is 1. The second-order valence-corrected chi connectivity index (χ2v) is 4.36. The summed E-state index contributed by atoms with van der Waals surface area (Å²) >= 11 is 0. The number of aromatic nitrogens is 2. The fraction of sp³-hybridized carbons (Fsp3) is 0.0667. The third-order valence-corrected chi connectivity index (χ3v) is 3.18. The van der Waals surface area contributed by atoms with Crippen molar-refractivity contribution in [3.05, 3.63) is 54.1 Å². The zero-order valence-electron chi connectivity index (χ0n) is 10.5. The largest absolute Gasteiger partial charge is 0.478 e. The first-order chi connectivity index (χ1) is 9.72. The Hall–Kier alpha value is -2.66. The minimum Gasteiger partial charge on any atom is -0.478 e. The van der Waals surface area contributed by atoms with Crippen molar-refractivity contribution in [2.75, 3.05) is 0 Å². The number of para-hydroxylation sites is 1. The standard InChI is InChI=1S/C15H12N2O3/c18-9-17-14-11(7-4-8-12(14)15(19)20)13(16-17)10-5-2-1-3-6-10/h1-8,18H,9H2,(H,19,20). The molecule has 0 unspecified atom stereocenters. The Balaban J connectivity index is 2.36. The molecule has 2 N–H and O–H groups in total. The molecule has 1 aromatic heterocycles. The number of fused-ring (bicyclic) bond motifs is 1. The summed E-state index contributed by atoms with van der Waals surface area (Å²) in [6.45, 7) is -0.367. The second kappa shape index (κ2) is 4.79. The molecule has 0 amide bonds. The Kier molecular flexibility index (Phi) is 2.96. The van der Waals surface area contributed by atoms with Crippen LogP contribution in [0.25, 0.3) is 22.2 Å². The lowest BCUT2D eigenvalue weighted by Crippen LogP contribution is -2.04. The van der Waals surface area contributed by atoms with Crippen LogP contribution in [0.2, 0.25) is 0 Å². The maximum atomic E-state index is 11.3. The van der Waals surface area contributed by atoms with Crippen LogP contribution in [0.15, 0.2) is 48.5 Å². The van der Waals surface area contributed by atoms with E-state index in [0.29, 0.717) is 16.6 Å². The van der Waals surface area contributed by atoms with Gasteiger partial charge in [-0.2, -0.15) is 5.10 Å². The number of aliphatic hydroxyl groups excluding tert-OH is 1.